The molecule has 4 heteroatoms. The van der Waals surface area contributed by atoms with Crippen LogP contribution in [0.25, 0.3) is 0 Å². The minimum Gasteiger partial charge on any atom is -0.388 e. The molecule has 11 heavy (non-hydrogen) atoms. The molecule has 0 amide bonds. The van der Waals surface area contributed by atoms with E-state index in [2.05, 4.69) is 0 Å². The van der Waals surface area contributed by atoms with Crippen LogP contribution in [0.1, 0.15) is 11.0 Å². The maximum atomic E-state index is 10.7. The zero-order valence-electron chi connectivity index (χ0n) is 5.73. The van der Waals surface area contributed by atoms with Crippen molar-refractivity contribution in [2.45, 2.75) is 6.10 Å². The molecule has 0 aromatic carbocycles. The lowest BCUT2D eigenvalue weighted by molar-refractivity contribution is -0.130. The highest BCUT2D eigenvalue weighted by atomic mass is 32.1. The van der Waals surface area contributed by atoms with Crippen LogP contribution in [0.5, 0.6) is 0 Å². The highest BCUT2D eigenvalue weighted by Gasteiger charge is 2.16. The fourth-order valence-corrected chi connectivity index (χ4v) is 1.42. The average molecular weight is 172 g/mol. The van der Waals surface area contributed by atoms with Gasteiger partial charge in [-0.3, -0.25) is 4.79 Å². The lowest BCUT2D eigenvalue weighted by atomic mass is 10.2. The minimum atomic E-state index is -1.15. The quantitative estimate of drug-likeness (QED) is 0.691. The van der Waals surface area contributed by atoms with Gasteiger partial charge in [0.15, 0.2) is 5.78 Å². The summed E-state index contributed by atoms with van der Waals surface area (Å²) in [5.41, 5.74) is 0. The zero-order chi connectivity index (χ0) is 8.27. The monoisotopic (exact) mass is 172 g/mol. The highest BCUT2D eigenvalue weighted by molar-refractivity contribution is 7.10. The van der Waals surface area contributed by atoms with Crippen molar-refractivity contribution >= 4 is 17.1 Å². The third kappa shape index (κ3) is 1.86. The summed E-state index contributed by atoms with van der Waals surface area (Å²) in [4.78, 5) is 11.3. The van der Waals surface area contributed by atoms with Gasteiger partial charge >= 0.3 is 0 Å². The van der Waals surface area contributed by atoms with Gasteiger partial charge in [-0.1, -0.05) is 6.07 Å². The van der Waals surface area contributed by atoms with E-state index < -0.39 is 18.5 Å². The Hall–Kier alpha value is -0.710. The Bertz CT molecular complexity index is 230. The largest absolute Gasteiger partial charge is 0.388 e. The van der Waals surface area contributed by atoms with Crippen molar-refractivity contribution in [2.24, 2.45) is 0 Å². The lowest BCUT2D eigenvalue weighted by Crippen LogP contribution is -2.14. The summed E-state index contributed by atoms with van der Waals surface area (Å²) in [6.45, 7) is -0.612. The van der Waals surface area contributed by atoms with E-state index in [0.717, 1.165) is 0 Å². The van der Waals surface area contributed by atoms with Crippen molar-refractivity contribution in [3.63, 3.8) is 0 Å². The van der Waals surface area contributed by atoms with E-state index in [4.69, 9.17) is 5.11 Å². The fourth-order valence-electron chi connectivity index (χ4n) is 0.692. The van der Waals surface area contributed by atoms with Crippen LogP contribution in [0.2, 0.25) is 0 Å². The maximum Gasteiger partial charge on any atom is 0.191 e. The number of ketones is 1. The Balaban J connectivity index is 2.70. The van der Waals surface area contributed by atoms with Crippen LogP contribution in [0.4, 0.5) is 0 Å². The topological polar surface area (TPSA) is 57.5 Å². The van der Waals surface area contributed by atoms with Crippen molar-refractivity contribution < 1.29 is 15.0 Å². The first-order valence-electron chi connectivity index (χ1n) is 3.10. The molecule has 0 bridgehead atoms. The third-order valence-corrected chi connectivity index (χ3v) is 2.20. The molecule has 0 spiro atoms. The number of carbonyl (C=O) groups is 1. The molecule has 2 N–H and O–H groups in total. The van der Waals surface area contributed by atoms with Crippen molar-refractivity contribution in [1.29, 1.82) is 0 Å². The van der Waals surface area contributed by atoms with Gasteiger partial charge in [-0.05, 0) is 11.4 Å². The smallest absolute Gasteiger partial charge is 0.191 e. The van der Waals surface area contributed by atoms with E-state index in [1.54, 1.807) is 17.5 Å². The van der Waals surface area contributed by atoms with Crippen molar-refractivity contribution in [1.82, 2.24) is 0 Å². The van der Waals surface area contributed by atoms with Crippen LogP contribution in [0.3, 0.4) is 0 Å². The number of Topliss-reactive ketones (excluding diaryl/α,β-unsaturated/α-hetero) is 1. The predicted octanol–water partition coefficient (Wildman–Crippen LogP) is 0.343. The first-order chi connectivity index (χ1) is 5.25. The van der Waals surface area contributed by atoms with Crippen molar-refractivity contribution in [3.8, 4) is 0 Å². The summed E-state index contributed by atoms with van der Waals surface area (Å²) >= 11 is 1.29. The van der Waals surface area contributed by atoms with Crippen LogP contribution in [0.15, 0.2) is 17.5 Å². The third-order valence-electron chi connectivity index (χ3n) is 1.27. The Kier molecular flexibility index (Phi) is 2.76. The normalized spacial score (nSPS) is 12.9. The molecular formula is C7H8O3S. The second kappa shape index (κ2) is 3.61. The van der Waals surface area contributed by atoms with Crippen LogP contribution >= 0.6 is 11.3 Å². The second-order valence-electron chi connectivity index (χ2n) is 2.04. The summed E-state index contributed by atoms with van der Waals surface area (Å²) in [6, 6.07) is 3.40. The Morgan fingerprint density at radius 3 is 2.91 bits per heavy atom. The second-order valence-corrected chi connectivity index (χ2v) is 3.02. The molecule has 0 saturated heterocycles. The molecule has 1 unspecified atom stereocenters. The van der Waals surface area contributed by atoms with Crippen LogP contribution < -0.4 is 0 Å². The molecule has 1 heterocycles. The summed E-state index contributed by atoms with van der Waals surface area (Å²) in [5.74, 6) is -0.563. The molecule has 1 aromatic rings. The number of rotatable bonds is 3. The first-order valence-corrected chi connectivity index (χ1v) is 3.98. The van der Waals surface area contributed by atoms with Gasteiger partial charge in [0, 0.05) is 4.88 Å². The van der Waals surface area contributed by atoms with Gasteiger partial charge in [0.1, 0.15) is 12.7 Å². The number of aliphatic hydroxyl groups is 2. The number of aliphatic hydroxyl groups excluding tert-OH is 2. The molecule has 3 nitrogen and oxygen atoms in total. The van der Waals surface area contributed by atoms with E-state index >= 15 is 0 Å². The van der Waals surface area contributed by atoms with Crippen LogP contribution in [0, 0.1) is 0 Å². The molecule has 0 aliphatic rings. The Labute approximate surface area is 67.9 Å². The maximum absolute atomic E-state index is 10.7. The average Bonchev–Trinajstić information content (AvgIpc) is 2.53. The molecule has 0 aliphatic heterocycles. The van der Waals surface area contributed by atoms with Gasteiger partial charge in [0.2, 0.25) is 0 Å². The minimum absolute atomic E-state index is 0.563. The molecule has 60 valence electrons. The van der Waals surface area contributed by atoms with Gasteiger partial charge in [0.05, 0.1) is 0 Å². The molecule has 1 aromatic heterocycles. The van der Waals surface area contributed by atoms with Crippen LogP contribution in [-0.2, 0) is 4.79 Å². The van der Waals surface area contributed by atoms with Gasteiger partial charge in [0.25, 0.3) is 0 Å². The van der Waals surface area contributed by atoms with Gasteiger partial charge < -0.3 is 10.2 Å². The summed E-state index contributed by atoms with van der Waals surface area (Å²) < 4.78 is 0. The van der Waals surface area contributed by atoms with E-state index in [1.807, 2.05) is 0 Å². The summed E-state index contributed by atoms with van der Waals surface area (Å²) in [5, 5.41) is 19.3. The SMILES string of the molecule is O=C(CO)C(O)c1cccs1. The fraction of sp³-hybridized carbons (Fsp3) is 0.286. The van der Waals surface area contributed by atoms with Gasteiger partial charge in [-0.25, -0.2) is 0 Å². The van der Waals surface area contributed by atoms with E-state index in [-0.39, 0.29) is 0 Å². The molecule has 0 radical (unpaired) electrons. The molecule has 1 rings (SSSR count). The van der Waals surface area contributed by atoms with E-state index in [1.165, 1.54) is 11.3 Å². The highest BCUT2D eigenvalue weighted by Crippen LogP contribution is 2.18. The summed E-state index contributed by atoms with van der Waals surface area (Å²) in [6.07, 6.45) is -1.15. The van der Waals surface area contributed by atoms with Crippen LogP contribution in [-0.4, -0.2) is 22.6 Å². The van der Waals surface area contributed by atoms with E-state index in [0.29, 0.717) is 4.88 Å². The molecule has 0 saturated carbocycles. The Morgan fingerprint density at radius 2 is 2.45 bits per heavy atom. The molecule has 0 aliphatic carbocycles. The number of thiophene rings is 1. The standard InChI is InChI=1S/C7H8O3S/c8-4-5(9)7(10)6-2-1-3-11-6/h1-3,7-8,10H,4H2. The molecule has 0 fully saturated rings. The summed E-state index contributed by atoms with van der Waals surface area (Å²) in [7, 11) is 0. The number of hydrogen-bond donors (Lipinski definition) is 2. The van der Waals surface area contributed by atoms with Gasteiger partial charge in [-0.15, -0.1) is 11.3 Å². The van der Waals surface area contributed by atoms with Crippen molar-refractivity contribution in [2.75, 3.05) is 6.61 Å². The zero-order valence-corrected chi connectivity index (χ0v) is 6.54. The predicted molar refractivity (Wildman–Crippen MR) is 41.4 cm³/mol. The van der Waals surface area contributed by atoms with E-state index in [9.17, 15) is 9.90 Å². The molecular weight excluding hydrogens is 164 g/mol. The number of carbonyl (C=O) groups excluding carboxylic acids is 1. The lowest BCUT2D eigenvalue weighted by Gasteiger charge is -2.03. The number of hydrogen-bond acceptors (Lipinski definition) is 4. The first kappa shape index (κ1) is 8.39. The Morgan fingerprint density at radius 1 is 1.73 bits per heavy atom. The van der Waals surface area contributed by atoms with Gasteiger partial charge in [-0.2, -0.15) is 0 Å². The molecule has 1 atom stereocenters. The van der Waals surface area contributed by atoms with Crippen molar-refractivity contribution in [3.05, 3.63) is 22.4 Å².